The Morgan fingerprint density at radius 1 is 1.17 bits per heavy atom. The van der Waals surface area contributed by atoms with Crippen LogP contribution < -0.4 is 5.32 Å². The van der Waals surface area contributed by atoms with Crippen LogP contribution in [0.1, 0.15) is 11.1 Å². The van der Waals surface area contributed by atoms with E-state index in [0.29, 0.717) is 13.2 Å². The minimum atomic E-state index is 0.573. The molecule has 1 N–H and O–H groups in total. The minimum absolute atomic E-state index is 0.573. The molecule has 18 heavy (non-hydrogen) atoms. The fraction of sp³-hybridized carbons (Fsp3) is 0.214. The molecule has 1 heterocycles. The van der Waals surface area contributed by atoms with E-state index in [1.54, 1.807) is 0 Å². The number of rotatable bonds is 5. The summed E-state index contributed by atoms with van der Waals surface area (Å²) in [7, 11) is 1.85. The Balaban J connectivity index is 1.84. The predicted octanol–water partition coefficient (Wildman–Crippen LogP) is 3.60. The van der Waals surface area contributed by atoms with Crippen LogP contribution >= 0.6 is 15.9 Å². The highest BCUT2D eigenvalue weighted by Crippen LogP contribution is 2.13. The highest BCUT2D eigenvalue weighted by Gasteiger charge is 1.97. The number of anilines is 1. The third-order valence-electron chi connectivity index (χ3n) is 2.51. The van der Waals surface area contributed by atoms with Crippen LogP contribution in [-0.4, -0.2) is 12.0 Å². The van der Waals surface area contributed by atoms with Crippen LogP contribution in [0.25, 0.3) is 0 Å². The van der Waals surface area contributed by atoms with Gasteiger partial charge in [-0.15, -0.1) is 0 Å². The largest absolute Gasteiger partial charge is 0.373 e. The molecule has 0 amide bonds. The Labute approximate surface area is 115 Å². The fourth-order valence-electron chi connectivity index (χ4n) is 1.57. The molecule has 0 aliphatic rings. The van der Waals surface area contributed by atoms with Gasteiger partial charge >= 0.3 is 0 Å². The first kappa shape index (κ1) is 13.1. The Bertz CT molecular complexity index is 499. The first-order chi connectivity index (χ1) is 8.78. The molecule has 0 fully saturated rings. The first-order valence-electron chi connectivity index (χ1n) is 5.73. The molecule has 0 atom stereocenters. The van der Waals surface area contributed by atoms with Crippen molar-refractivity contribution >= 4 is 21.7 Å². The summed E-state index contributed by atoms with van der Waals surface area (Å²) in [4.78, 5) is 4.24. The average Bonchev–Trinajstić information content (AvgIpc) is 2.40. The van der Waals surface area contributed by atoms with E-state index in [1.807, 2.05) is 43.6 Å². The number of hydrogen-bond acceptors (Lipinski definition) is 3. The van der Waals surface area contributed by atoms with Crippen LogP contribution in [0, 0.1) is 0 Å². The van der Waals surface area contributed by atoms with E-state index in [0.717, 1.165) is 21.4 Å². The molecule has 0 saturated heterocycles. The van der Waals surface area contributed by atoms with Gasteiger partial charge in [0, 0.05) is 17.7 Å². The lowest BCUT2D eigenvalue weighted by molar-refractivity contribution is 0.107. The van der Waals surface area contributed by atoms with Gasteiger partial charge in [0.25, 0.3) is 0 Å². The normalized spacial score (nSPS) is 10.3. The molecular formula is C14H15BrN2O. The molecule has 0 saturated carbocycles. The molecule has 0 unspecified atom stereocenters. The molecule has 0 aliphatic carbocycles. The molecule has 4 heteroatoms. The van der Waals surface area contributed by atoms with Crippen LogP contribution in [-0.2, 0) is 18.0 Å². The molecule has 94 valence electrons. The van der Waals surface area contributed by atoms with Crippen LogP contribution in [0.4, 0.5) is 5.82 Å². The Morgan fingerprint density at radius 3 is 2.67 bits per heavy atom. The standard InChI is InChI=1S/C14H15BrN2O/c1-16-14-6-5-12(8-17-14)10-18-9-11-3-2-4-13(15)7-11/h2-8H,9-10H2,1H3,(H,16,17). The lowest BCUT2D eigenvalue weighted by Crippen LogP contribution is -1.96. The van der Waals surface area contributed by atoms with E-state index in [4.69, 9.17) is 4.74 Å². The number of nitrogens with zero attached hydrogens (tertiary/aromatic N) is 1. The number of halogens is 1. The van der Waals surface area contributed by atoms with Gasteiger partial charge in [0.2, 0.25) is 0 Å². The van der Waals surface area contributed by atoms with Gasteiger partial charge in [-0.3, -0.25) is 0 Å². The van der Waals surface area contributed by atoms with Crippen LogP contribution in [0.5, 0.6) is 0 Å². The van der Waals surface area contributed by atoms with Crippen LogP contribution in [0.2, 0.25) is 0 Å². The van der Waals surface area contributed by atoms with Crippen molar-refractivity contribution in [3.63, 3.8) is 0 Å². The summed E-state index contributed by atoms with van der Waals surface area (Å²) in [6.07, 6.45) is 1.83. The van der Waals surface area contributed by atoms with E-state index in [2.05, 4.69) is 32.3 Å². The molecule has 2 aromatic rings. The third kappa shape index (κ3) is 3.82. The van der Waals surface area contributed by atoms with Gasteiger partial charge in [0.15, 0.2) is 0 Å². The number of nitrogens with one attached hydrogen (secondary N) is 1. The molecule has 1 aromatic carbocycles. The maximum Gasteiger partial charge on any atom is 0.125 e. The molecule has 0 aliphatic heterocycles. The first-order valence-corrected chi connectivity index (χ1v) is 6.52. The van der Waals surface area contributed by atoms with Crippen molar-refractivity contribution in [2.24, 2.45) is 0 Å². The molecular weight excluding hydrogens is 292 g/mol. The second-order valence-electron chi connectivity index (χ2n) is 3.92. The monoisotopic (exact) mass is 306 g/mol. The van der Waals surface area contributed by atoms with Crippen molar-refractivity contribution in [3.8, 4) is 0 Å². The quantitative estimate of drug-likeness (QED) is 0.916. The van der Waals surface area contributed by atoms with Gasteiger partial charge in [0.1, 0.15) is 5.82 Å². The van der Waals surface area contributed by atoms with E-state index in [-0.39, 0.29) is 0 Å². The van der Waals surface area contributed by atoms with Gasteiger partial charge in [-0.1, -0.05) is 34.1 Å². The minimum Gasteiger partial charge on any atom is -0.373 e. The Morgan fingerprint density at radius 2 is 2.00 bits per heavy atom. The van der Waals surface area contributed by atoms with Crippen LogP contribution in [0.15, 0.2) is 47.1 Å². The molecule has 1 aromatic heterocycles. The summed E-state index contributed by atoms with van der Waals surface area (Å²) in [5.41, 5.74) is 2.23. The molecule has 3 nitrogen and oxygen atoms in total. The zero-order valence-corrected chi connectivity index (χ0v) is 11.8. The Kier molecular flexibility index (Phi) is 4.73. The highest BCUT2D eigenvalue weighted by molar-refractivity contribution is 9.10. The summed E-state index contributed by atoms with van der Waals surface area (Å²) >= 11 is 3.44. The highest BCUT2D eigenvalue weighted by atomic mass is 79.9. The SMILES string of the molecule is CNc1ccc(COCc2cccc(Br)c2)cn1. The lowest BCUT2D eigenvalue weighted by atomic mass is 10.2. The van der Waals surface area contributed by atoms with Gasteiger partial charge in [-0.2, -0.15) is 0 Å². The summed E-state index contributed by atoms with van der Waals surface area (Å²) in [6, 6.07) is 12.1. The fourth-order valence-corrected chi connectivity index (χ4v) is 2.02. The number of benzene rings is 1. The van der Waals surface area contributed by atoms with E-state index in [9.17, 15) is 0 Å². The summed E-state index contributed by atoms with van der Waals surface area (Å²) in [5, 5.41) is 2.99. The smallest absolute Gasteiger partial charge is 0.125 e. The number of pyridine rings is 1. The zero-order chi connectivity index (χ0) is 12.8. The lowest BCUT2D eigenvalue weighted by Gasteiger charge is -2.05. The zero-order valence-electron chi connectivity index (χ0n) is 10.2. The van der Waals surface area contributed by atoms with E-state index in [1.165, 1.54) is 0 Å². The van der Waals surface area contributed by atoms with Crippen molar-refractivity contribution in [3.05, 3.63) is 58.2 Å². The second-order valence-corrected chi connectivity index (χ2v) is 4.84. The van der Waals surface area contributed by atoms with E-state index < -0.39 is 0 Å². The average molecular weight is 307 g/mol. The Hall–Kier alpha value is -1.39. The van der Waals surface area contributed by atoms with Gasteiger partial charge < -0.3 is 10.1 Å². The van der Waals surface area contributed by atoms with Gasteiger partial charge in [0.05, 0.1) is 13.2 Å². The number of ether oxygens (including phenoxy) is 1. The van der Waals surface area contributed by atoms with Crippen molar-refractivity contribution in [1.82, 2.24) is 4.98 Å². The predicted molar refractivity (Wildman–Crippen MR) is 76.4 cm³/mol. The van der Waals surface area contributed by atoms with Crippen molar-refractivity contribution < 1.29 is 4.74 Å². The molecule has 0 spiro atoms. The van der Waals surface area contributed by atoms with Crippen LogP contribution in [0.3, 0.4) is 0 Å². The third-order valence-corrected chi connectivity index (χ3v) is 3.00. The number of hydrogen-bond donors (Lipinski definition) is 1. The van der Waals surface area contributed by atoms with Crippen molar-refractivity contribution in [1.29, 1.82) is 0 Å². The maximum absolute atomic E-state index is 5.65. The molecule has 0 bridgehead atoms. The summed E-state index contributed by atoms with van der Waals surface area (Å²) in [5.74, 6) is 0.866. The van der Waals surface area contributed by atoms with Gasteiger partial charge in [-0.05, 0) is 29.3 Å². The second kappa shape index (κ2) is 6.52. The van der Waals surface area contributed by atoms with Crippen molar-refractivity contribution in [2.45, 2.75) is 13.2 Å². The maximum atomic E-state index is 5.65. The summed E-state index contributed by atoms with van der Waals surface area (Å²) < 4.78 is 6.73. The molecule has 2 rings (SSSR count). The van der Waals surface area contributed by atoms with E-state index >= 15 is 0 Å². The molecule has 0 radical (unpaired) electrons. The summed E-state index contributed by atoms with van der Waals surface area (Å²) in [6.45, 7) is 1.18. The number of aromatic nitrogens is 1. The van der Waals surface area contributed by atoms with Gasteiger partial charge in [-0.25, -0.2) is 4.98 Å². The van der Waals surface area contributed by atoms with Crippen molar-refractivity contribution in [2.75, 3.05) is 12.4 Å². The topological polar surface area (TPSA) is 34.1 Å².